The van der Waals surface area contributed by atoms with Crippen LogP contribution < -0.4 is 0 Å². The van der Waals surface area contributed by atoms with Gasteiger partial charge in [-0.1, -0.05) is 213 Å². The predicted octanol–water partition coefficient (Wildman–Crippen LogP) is 17.9. The van der Waals surface area contributed by atoms with E-state index >= 15 is 0 Å². The smallest absolute Gasteiger partial charge is 0.00303 e. The van der Waals surface area contributed by atoms with E-state index in [1.165, 1.54) is 94.6 Å². The second-order valence-electron chi connectivity index (χ2n) is 17.1. The maximum Gasteiger partial charge on any atom is 0.00303 e. The topological polar surface area (TPSA) is 0 Å². The van der Waals surface area contributed by atoms with Gasteiger partial charge in [-0.05, 0) is 171 Å². The van der Waals surface area contributed by atoms with Gasteiger partial charge in [0.1, 0.15) is 0 Å². The first-order valence-corrected chi connectivity index (χ1v) is 22.9. The fraction of sp³-hybridized carbons (Fsp3) is 0.108. The number of hydrogen-bond acceptors (Lipinski definition) is 0. The Bertz CT molecular complexity index is 2930. The van der Waals surface area contributed by atoms with Crippen molar-refractivity contribution in [3.8, 4) is 55.6 Å². The third-order valence-electron chi connectivity index (χ3n) is 12.6. The second kappa shape index (κ2) is 21.2. The average molecular weight is 839 g/mol. The Balaban J connectivity index is 0.000000651. The van der Waals surface area contributed by atoms with Gasteiger partial charge < -0.3 is 0 Å². The van der Waals surface area contributed by atoms with Crippen LogP contribution in [0.2, 0.25) is 0 Å². The molecule has 0 aliphatic rings. The van der Waals surface area contributed by atoms with Gasteiger partial charge in [0.25, 0.3) is 0 Å². The van der Waals surface area contributed by atoms with Crippen LogP contribution in [0.3, 0.4) is 0 Å². The molecule has 0 spiro atoms. The minimum Gasteiger partial charge on any atom is -0.0985 e. The molecule has 0 saturated carbocycles. The van der Waals surface area contributed by atoms with Crippen LogP contribution in [0.1, 0.15) is 51.3 Å². The van der Waals surface area contributed by atoms with E-state index in [1.54, 1.807) is 0 Å². The van der Waals surface area contributed by atoms with Crippen molar-refractivity contribution >= 4 is 5.57 Å². The summed E-state index contributed by atoms with van der Waals surface area (Å²) in [6, 6.07) is 81.2. The zero-order valence-corrected chi connectivity index (χ0v) is 38.2. The molecule has 0 nitrogen and oxygen atoms in total. The minimum absolute atomic E-state index is 0.254. The van der Waals surface area contributed by atoms with Crippen molar-refractivity contribution in [1.82, 2.24) is 0 Å². The highest BCUT2D eigenvalue weighted by molar-refractivity contribution is 5.90. The van der Waals surface area contributed by atoms with Gasteiger partial charge in [0, 0.05) is 5.92 Å². The van der Waals surface area contributed by atoms with Gasteiger partial charge in [0.2, 0.25) is 0 Å². The van der Waals surface area contributed by atoms with E-state index in [0.717, 1.165) is 18.4 Å². The first kappa shape index (κ1) is 44.1. The number of benzene rings is 9. The van der Waals surface area contributed by atoms with Crippen LogP contribution in [0.4, 0.5) is 0 Å². The quantitative estimate of drug-likeness (QED) is 0.108. The normalized spacial score (nSPS) is 11.6. The molecule has 1 atom stereocenters. The molecule has 318 valence electrons. The molecular formula is C65H58. The van der Waals surface area contributed by atoms with Crippen molar-refractivity contribution in [2.45, 2.75) is 46.5 Å². The molecule has 0 heterocycles. The van der Waals surface area contributed by atoms with E-state index in [-0.39, 0.29) is 5.92 Å². The van der Waals surface area contributed by atoms with Gasteiger partial charge in [-0.3, -0.25) is 0 Å². The Morgan fingerprint density at radius 3 is 1.35 bits per heavy atom. The average Bonchev–Trinajstić information content (AvgIpc) is 3.36. The third kappa shape index (κ3) is 11.0. The summed E-state index contributed by atoms with van der Waals surface area (Å²) < 4.78 is 0. The molecular weight excluding hydrogens is 781 g/mol. The highest BCUT2D eigenvalue weighted by Gasteiger charge is 2.16. The zero-order chi connectivity index (χ0) is 45.0. The first-order valence-electron chi connectivity index (χ1n) is 22.9. The third-order valence-corrected chi connectivity index (χ3v) is 12.6. The summed E-state index contributed by atoms with van der Waals surface area (Å²) >= 11 is 0. The summed E-state index contributed by atoms with van der Waals surface area (Å²) in [4.78, 5) is 0. The summed E-state index contributed by atoms with van der Waals surface area (Å²) in [6.45, 7) is 13.0. The SMILES string of the molecule is C=C/C(=C\C(CCc1ccccc1)c1ccccc1)c1ccc(C)c(-c2ccccc2-c2cc(-c3cc(-c4ccccc4)cc(-c4ccccc4)c3)ccc2C)c1.Cc1ccccc1C. The lowest BCUT2D eigenvalue weighted by Crippen LogP contribution is -2.00. The van der Waals surface area contributed by atoms with E-state index in [9.17, 15) is 0 Å². The van der Waals surface area contributed by atoms with E-state index in [1.807, 2.05) is 6.08 Å². The number of allylic oxidation sites excluding steroid dienone is 3. The zero-order valence-electron chi connectivity index (χ0n) is 38.2. The number of hydrogen-bond donors (Lipinski definition) is 0. The lowest BCUT2D eigenvalue weighted by Gasteiger charge is -2.18. The molecule has 0 fully saturated rings. The molecule has 1 unspecified atom stereocenters. The standard InChI is InChI=1S/C57H48.C8H10/c1-4-44(35-48(45-21-11-6-12-22-45)34-31-43-19-9-5-10-20-43)49-32-29-41(2)56(39-49)54-27-17-18-28-55(54)57-40-50(33-30-42(57)3)53-37-51(46-23-13-7-14-24-46)36-52(38-53)47-25-15-8-16-26-47;1-7-5-3-4-6-8(7)2/h4-30,32-33,35-40,48H,1,31,34H2,2-3H3;3-6H,1-2H3/b44-35+;. The van der Waals surface area contributed by atoms with Gasteiger partial charge in [0.05, 0.1) is 0 Å². The molecule has 0 aromatic heterocycles. The highest BCUT2D eigenvalue weighted by atomic mass is 14.2. The van der Waals surface area contributed by atoms with Crippen molar-refractivity contribution in [2.75, 3.05) is 0 Å². The maximum absolute atomic E-state index is 4.33. The van der Waals surface area contributed by atoms with Gasteiger partial charge in [-0.15, -0.1) is 0 Å². The monoisotopic (exact) mass is 838 g/mol. The van der Waals surface area contributed by atoms with Crippen LogP contribution in [0, 0.1) is 27.7 Å². The van der Waals surface area contributed by atoms with Crippen molar-refractivity contribution in [2.24, 2.45) is 0 Å². The first-order chi connectivity index (χ1) is 31.8. The molecule has 0 amide bonds. The van der Waals surface area contributed by atoms with Crippen LogP contribution in [0.15, 0.2) is 243 Å². The molecule has 0 bridgehead atoms. The van der Waals surface area contributed by atoms with Gasteiger partial charge in [-0.25, -0.2) is 0 Å². The molecule has 65 heavy (non-hydrogen) atoms. The van der Waals surface area contributed by atoms with E-state index in [0.29, 0.717) is 0 Å². The lowest BCUT2D eigenvalue weighted by molar-refractivity contribution is 0.737. The molecule has 0 aliphatic carbocycles. The Kier molecular flexibility index (Phi) is 14.4. The Morgan fingerprint density at radius 2 is 0.831 bits per heavy atom. The van der Waals surface area contributed by atoms with Gasteiger partial charge in [-0.2, -0.15) is 0 Å². The molecule has 9 aromatic rings. The predicted molar refractivity (Wildman–Crippen MR) is 281 cm³/mol. The summed E-state index contributed by atoms with van der Waals surface area (Å²) in [5.74, 6) is 0.254. The lowest BCUT2D eigenvalue weighted by atomic mass is 9.86. The Morgan fingerprint density at radius 1 is 0.385 bits per heavy atom. The van der Waals surface area contributed by atoms with Crippen molar-refractivity contribution < 1.29 is 0 Å². The van der Waals surface area contributed by atoms with E-state index < -0.39 is 0 Å². The highest BCUT2D eigenvalue weighted by Crippen LogP contribution is 2.40. The summed E-state index contributed by atoms with van der Waals surface area (Å²) in [6.07, 6.45) is 6.48. The summed E-state index contributed by atoms with van der Waals surface area (Å²) in [7, 11) is 0. The minimum atomic E-state index is 0.254. The van der Waals surface area contributed by atoms with E-state index in [4.69, 9.17) is 0 Å². The molecule has 0 aliphatic heterocycles. The number of aryl methyl sites for hydroxylation is 5. The summed E-state index contributed by atoms with van der Waals surface area (Å²) in [5.41, 5.74) is 22.4. The molecule has 0 heteroatoms. The van der Waals surface area contributed by atoms with Gasteiger partial charge in [0.15, 0.2) is 0 Å². The number of rotatable bonds is 12. The van der Waals surface area contributed by atoms with Crippen LogP contribution in [0.5, 0.6) is 0 Å². The molecule has 9 aromatic carbocycles. The Labute approximate surface area is 388 Å². The largest absolute Gasteiger partial charge is 0.0985 e. The van der Waals surface area contributed by atoms with Crippen LogP contribution in [-0.2, 0) is 6.42 Å². The van der Waals surface area contributed by atoms with Crippen molar-refractivity contribution in [3.05, 3.63) is 282 Å². The molecule has 0 N–H and O–H groups in total. The maximum atomic E-state index is 4.33. The van der Waals surface area contributed by atoms with Crippen LogP contribution in [-0.4, -0.2) is 0 Å². The fourth-order valence-corrected chi connectivity index (χ4v) is 8.70. The molecule has 0 radical (unpaired) electrons. The molecule has 9 rings (SSSR count). The van der Waals surface area contributed by atoms with Crippen molar-refractivity contribution in [3.63, 3.8) is 0 Å². The van der Waals surface area contributed by atoms with Crippen LogP contribution in [0.25, 0.3) is 61.2 Å². The van der Waals surface area contributed by atoms with E-state index in [2.05, 4.69) is 265 Å². The van der Waals surface area contributed by atoms with Gasteiger partial charge >= 0.3 is 0 Å². The van der Waals surface area contributed by atoms with Crippen LogP contribution >= 0.6 is 0 Å². The Hall–Kier alpha value is -7.54. The molecule has 0 saturated heterocycles. The van der Waals surface area contributed by atoms with Crippen molar-refractivity contribution in [1.29, 1.82) is 0 Å². The second-order valence-corrected chi connectivity index (χ2v) is 17.1. The fourth-order valence-electron chi connectivity index (χ4n) is 8.70. The summed E-state index contributed by atoms with van der Waals surface area (Å²) in [5, 5.41) is 0.